The Morgan fingerprint density at radius 2 is 1.82 bits per heavy atom. The van der Waals surface area contributed by atoms with Gasteiger partial charge < -0.3 is 5.11 Å². The van der Waals surface area contributed by atoms with Crippen molar-refractivity contribution in [1.29, 1.82) is 0 Å². The molecule has 0 radical (unpaired) electrons. The lowest BCUT2D eigenvalue weighted by atomic mass is 9.90. The van der Waals surface area contributed by atoms with Gasteiger partial charge in [-0.3, -0.25) is 9.69 Å². The van der Waals surface area contributed by atoms with Crippen molar-refractivity contribution in [3.63, 3.8) is 0 Å². The molecule has 1 heterocycles. The summed E-state index contributed by atoms with van der Waals surface area (Å²) in [6, 6.07) is 9.30. The van der Waals surface area contributed by atoms with Gasteiger partial charge in [0, 0.05) is 5.69 Å². The number of rotatable bonds is 1. The van der Waals surface area contributed by atoms with Gasteiger partial charge in [0.25, 0.3) is 5.24 Å². The Balaban J connectivity index is 2.29. The highest BCUT2D eigenvalue weighted by molar-refractivity contribution is 8.15. The predicted molar refractivity (Wildman–Crippen MR) is 71.2 cm³/mol. The van der Waals surface area contributed by atoms with Gasteiger partial charge in [-0.15, -0.1) is 0 Å². The number of carbonyl (C=O) groups is 1. The van der Waals surface area contributed by atoms with E-state index in [1.807, 2.05) is 51.1 Å². The molecule has 17 heavy (non-hydrogen) atoms. The quantitative estimate of drug-likeness (QED) is 0.833. The van der Waals surface area contributed by atoms with E-state index in [1.165, 1.54) is 16.7 Å². The van der Waals surface area contributed by atoms with E-state index in [4.69, 9.17) is 0 Å². The molecular formula is C13H17NO2S. The standard InChI is InChI=1S/C13H17NO2S/c1-13(2,3)10-11(15)14(12(16)17-10)9-7-5-4-6-8-9/h4-8,10-11,15H,1-3H3/t10-,11?/m0/s1. The zero-order valence-electron chi connectivity index (χ0n) is 10.3. The Morgan fingerprint density at radius 1 is 1.24 bits per heavy atom. The minimum Gasteiger partial charge on any atom is -0.372 e. The number of hydrogen-bond donors (Lipinski definition) is 1. The Kier molecular flexibility index (Phi) is 3.19. The van der Waals surface area contributed by atoms with Crippen LogP contribution in [0.1, 0.15) is 20.8 Å². The Morgan fingerprint density at radius 3 is 2.29 bits per heavy atom. The largest absolute Gasteiger partial charge is 0.372 e. The molecule has 1 fully saturated rings. The first-order chi connectivity index (χ1) is 7.91. The van der Waals surface area contributed by atoms with E-state index in [-0.39, 0.29) is 15.9 Å². The number of aliphatic hydroxyl groups excluding tert-OH is 1. The number of benzene rings is 1. The van der Waals surface area contributed by atoms with E-state index in [0.29, 0.717) is 0 Å². The number of hydrogen-bond acceptors (Lipinski definition) is 3. The zero-order chi connectivity index (χ0) is 12.6. The van der Waals surface area contributed by atoms with Crippen LogP contribution >= 0.6 is 11.8 Å². The summed E-state index contributed by atoms with van der Waals surface area (Å²) in [5.41, 5.74) is 0.646. The maximum Gasteiger partial charge on any atom is 0.288 e. The second kappa shape index (κ2) is 4.35. The summed E-state index contributed by atoms with van der Waals surface area (Å²) in [5.74, 6) is 0. The van der Waals surface area contributed by atoms with Gasteiger partial charge >= 0.3 is 0 Å². The second-order valence-corrected chi connectivity index (χ2v) is 6.38. The lowest BCUT2D eigenvalue weighted by Gasteiger charge is -2.30. The molecule has 1 aromatic rings. The van der Waals surface area contributed by atoms with Crippen molar-refractivity contribution in [3.05, 3.63) is 30.3 Å². The van der Waals surface area contributed by atoms with E-state index in [1.54, 1.807) is 0 Å². The zero-order valence-corrected chi connectivity index (χ0v) is 11.1. The molecule has 1 aliphatic heterocycles. The van der Waals surface area contributed by atoms with Crippen LogP contribution in [0.2, 0.25) is 0 Å². The SMILES string of the molecule is CC(C)(C)[C@H]1SC(=O)N(c2ccccc2)C1O. The van der Waals surface area contributed by atoms with Crippen LogP contribution in [0.5, 0.6) is 0 Å². The molecule has 0 bridgehead atoms. The lowest BCUT2D eigenvalue weighted by molar-refractivity contribution is 0.139. The molecule has 2 rings (SSSR count). The number of para-hydroxylation sites is 1. The molecule has 1 aliphatic rings. The van der Waals surface area contributed by atoms with Crippen LogP contribution in [0, 0.1) is 5.41 Å². The van der Waals surface area contributed by atoms with E-state index in [9.17, 15) is 9.90 Å². The van der Waals surface area contributed by atoms with Crippen molar-refractivity contribution in [1.82, 2.24) is 0 Å². The van der Waals surface area contributed by atoms with Crippen molar-refractivity contribution in [3.8, 4) is 0 Å². The third kappa shape index (κ3) is 2.33. The number of amides is 1. The third-order valence-corrected chi connectivity index (χ3v) is 4.45. The predicted octanol–water partition coefficient (Wildman–Crippen LogP) is 3.09. The summed E-state index contributed by atoms with van der Waals surface area (Å²) in [6.45, 7) is 6.11. The van der Waals surface area contributed by atoms with E-state index >= 15 is 0 Å². The molecule has 1 saturated heterocycles. The van der Waals surface area contributed by atoms with Gasteiger partial charge in [-0.1, -0.05) is 50.7 Å². The van der Waals surface area contributed by atoms with Crippen molar-refractivity contribution < 1.29 is 9.90 Å². The molecule has 2 atom stereocenters. The van der Waals surface area contributed by atoms with Gasteiger partial charge in [0.15, 0.2) is 0 Å². The van der Waals surface area contributed by atoms with E-state index in [2.05, 4.69) is 0 Å². The number of anilines is 1. The van der Waals surface area contributed by atoms with Crippen LogP contribution in [0.25, 0.3) is 0 Å². The average molecular weight is 251 g/mol. The van der Waals surface area contributed by atoms with Crippen molar-refractivity contribution in [2.75, 3.05) is 4.90 Å². The van der Waals surface area contributed by atoms with Gasteiger partial charge in [0.1, 0.15) is 6.23 Å². The van der Waals surface area contributed by atoms with Gasteiger partial charge in [-0.25, -0.2) is 0 Å². The summed E-state index contributed by atoms with van der Waals surface area (Å²) >= 11 is 1.22. The Labute approximate surface area is 106 Å². The summed E-state index contributed by atoms with van der Waals surface area (Å²) in [6.07, 6.45) is -0.755. The highest BCUT2D eigenvalue weighted by atomic mass is 32.2. The fraction of sp³-hybridized carbons (Fsp3) is 0.462. The third-order valence-electron chi connectivity index (χ3n) is 2.85. The fourth-order valence-corrected chi connectivity index (χ4v) is 3.08. The summed E-state index contributed by atoms with van der Waals surface area (Å²) in [5, 5.41) is 10.1. The molecule has 92 valence electrons. The Hall–Kier alpha value is -1.00. The first-order valence-corrected chi connectivity index (χ1v) is 6.52. The topological polar surface area (TPSA) is 40.5 Å². The van der Waals surface area contributed by atoms with Crippen LogP contribution in [0.3, 0.4) is 0 Å². The Bertz CT molecular complexity index is 413. The van der Waals surface area contributed by atoms with Crippen molar-refractivity contribution in [2.24, 2.45) is 5.41 Å². The lowest BCUT2D eigenvalue weighted by Crippen LogP contribution is -2.41. The maximum absolute atomic E-state index is 12.0. The number of carbonyl (C=O) groups excluding carboxylic acids is 1. The molecule has 0 saturated carbocycles. The molecule has 1 aromatic carbocycles. The average Bonchev–Trinajstić information content (AvgIpc) is 2.55. The monoisotopic (exact) mass is 251 g/mol. The normalized spacial score (nSPS) is 25.4. The smallest absolute Gasteiger partial charge is 0.288 e. The van der Waals surface area contributed by atoms with Gasteiger partial charge in [0.05, 0.1) is 5.25 Å². The van der Waals surface area contributed by atoms with Gasteiger partial charge in [-0.2, -0.15) is 0 Å². The highest BCUT2D eigenvalue weighted by Gasteiger charge is 2.46. The molecule has 0 spiro atoms. The van der Waals surface area contributed by atoms with Crippen LogP contribution in [-0.2, 0) is 0 Å². The molecular weight excluding hydrogens is 234 g/mol. The summed E-state index contributed by atoms with van der Waals surface area (Å²) in [4.78, 5) is 13.4. The molecule has 4 heteroatoms. The summed E-state index contributed by atoms with van der Waals surface area (Å²) in [7, 11) is 0. The molecule has 0 aliphatic carbocycles. The highest BCUT2D eigenvalue weighted by Crippen LogP contribution is 2.42. The van der Waals surface area contributed by atoms with Crippen LogP contribution < -0.4 is 4.90 Å². The molecule has 0 aromatic heterocycles. The maximum atomic E-state index is 12.0. The number of thioether (sulfide) groups is 1. The number of nitrogens with zero attached hydrogens (tertiary/aromatic N) is 1. The molecule has 1 N–H and O–H groups in total. The molecule has 1 amide bonds. The van der Waals surface area contributed by atoms with Crippen LogP contribution in [0.4, 0.5) is 10.5 Å². The minimum atomic E-state index is -0.755. The minimum absolute atomic E-state index is 0.0800. The molecule has 1 unspecified atom stereocenters. The fourth-order valence-electron chi connectivity index (χ4n) is 1.94. The first-order valence-electron chi connectivity index (χ1n) is 5.64. The van der Waals surface area contributed by atoms with Gasteiger partial charge in [0.2, 0.25) is 0 Å². The van der Waals surface area contributed by atoms with Crippen LogP contribution in [0.15, 0.2) is 30.3 Å². The molecule has 3 nitrogen and oxygen atoms in total. The van der Waals surface area contributed by atoms with E-state index < -0.39 is 6.23 Å². The van der Waals surface area contributed by atoms with E-state index in [0.717, 1.165) is 5.69 Å². The second-order valence-electron chi connectivity index (χ2n) is 5.29. The first kappa shape index (κ1) is 12.5. The number of aliphatic hydroxyl groups is 1. The van der Waals surface area contributed by atoms with Crippen LogP contribution in [-0.4, -0.2) is 21.8 Å². The van der Waals surface area contributed by atoms with Crippen molar-refractivity contribution >= 4 is 22.7 Å². The summed E-state index contributed by atoms with van der Waals surface area (Å²) < 4.78 is 0. The van der Waals surface area contributed by atoms with Gasteiger partial charge in [-0.05, 0) is 17.5 Å². The van der Waals surface area contributed by atoms with Crippen molar-refractivity contribution in [2.45, 2.75) is 32.2 Å².